The molecule has 24 heavy (non-hydrogen) atoms. The van der Waals surface area contributed by atoms with Crippen LogP contribution in [-0.2, 0) is 19.6 Å². The van der Waals surface area contributed by atoms with Gasteiger partial charge in [-0.2, -0.15) is 0 Å². The molecular formula is C18H17ClN2O2S. The summed E-state index contributed by atoms with van der Waals surface area (Å²) in [5.74, 6) is 0.749. The molecule has 0 radical (unpaired) electrons. The Morgan fingerprint density at radius 2 is 2.00 bits per heavy atom. The Bertz CT molecular complexity index is 736. The SMILES string of the molecule is O=C(NCc1ccccc1Cl)N(Cc1ccco1)Cc1cccs1. The molecule has 1 aromatic carbocycles. The molecule has 1 N–H and O–H groups in total. The molecule has 2 aromatic heterocycles. The van der Waals surface area contributed by atoms with Gasteiger partial charge in [0.2, 0.25) is 0 Å². The fourth-order valence-corrected chi connectivity index (χ4v) is 3.23. The van der Waals surface area contributed by atoms with Gasteiger partial charge in [-0.05, 0) is 35.2 Å². The average molecular weight is 361 g/mol. The number of amides is 2. The van der Waals surface area contributed by atoms with Crippen LogP contribution in [0.2, 0.25) is 5.02 Å². The van der Waals surface area contributed by atoms with Gasteiger partial charge in [-0.25, -0.2) is 4.79 Å². The number of carbonyl (C=O) groups excluding carboxylic acids is 1. The summed E-state index contributed by atoms with van der Waals surface area (Å²) in [5, 5.41) is 5.58. The number of hydrogen-bond acceptors (Lipinski definition) is 3. The van der Waals surface area contributed by atoms with E-state index in [0.29, 0.717) is 24.7 Å². The van der Waals surface area contributed by atoms with Crippen molar-refractivity contribution in [3.63, 3.8) is 0 Å². The van der Waals surface area contributed by atoms with Crippen LogP contribution >= 0.6 is 22.9 Å². The first-order chi connectivity index (χ1) is 11.7. The summed E-state index contributed by atoms with van der Waals surface area (Å²) in [5.41, 5.74) is 0.890. The minimum atomic E-state index is -0.153. The molecule has 3 aromatic rings. The van der Waals surface area contributed by atoms with Crippen molar-refractivity contribution in [3.05, 3.63) is 81.4 Å². The van der Waals surface area contributed by atoms with E-state index in [2.05, 4.69) is 5.32 Å². The smallest absolute Gasteiger partial charge is 0.318 e. The maximum Gasteiger partial charge on any atom is 0.318 e. The molecule has 2 heterocycles. The lowest BCUT2D eigenvalue weighted by molar-refractivity contribution is 0.187. The van der Waals surface area contributed by atoms with Crippen LogP contribution in [0.1, 0.15) is 16.2 Å². The quantitative estimate of drug-likeness (QED) is 0.679. The highest BCUT2D eigenvalue weighted by molar-refractivity contribution is 7.09. The van der Waals surface area contributed by atoms with Gasteiger partial charge in [-0.1, -0.05) is 35.9 Å². The summed E-state index contributed by atoms with van der Waals surface area (Å²) in [6, 6.07) is 15.0. The lowest BCUT2D eigenvalue weighted by atomic mass is 10.2. The zero-order chi connectivity index (χ0) is 16.8. The van der Waals surface area contributed by atoms with E-state index in [-0.39, 0.29) is 6.03 Å². The lowest BCUT2D eigenvalue weighted by Gasteiger charge is -2.21. The van der Waals surface area contributed by atoms with Crippen LogP contribution in [0.25, 0.3) is 0 Å². The van der Waals surface area contributed by atoms with Crippen LogP contribution in [0.15, 0.2) is 64.6 Å². The van der Waals surface area contributed by atoms with Gasteiger partial charge in [0.15, 0.2) is 0 Å². The number of benzene rings is 1. The standard InChI is InChI=1S/C18H17ClN2O2S/c19-17-8-2-1-5-14(17)11-20-18(22)21(12-15-6-3-9-23-15)13-16-7-4-10-24-16/h1-10H,11-13H2,(H,20,22). The highest BCUT2D eigenvalue weighted by atomic mass is 35.5. The molecule has 0 aliphatic rings. The summed E-state index contributed by atoms with van der Waals surface area (Å²) in [7, 11) is 0. The molecule has 3 rings (SSSR count). The summed E-state index contributed by atoms with van der Waals surface area (Å²) < 4.78 is 5.38. The minimum absolute atomic E-state index is 0.153. The van der Waals surface area contributed by atoms with Gasteiger partial charge in [0.25, 0.3) is 0 Å². The summed E-state index contributed by atoms with van der Waals surface area (Å²) in [4.78, 5) is 15.5. The van der Waals surface area contributed by atoms with Gasteiger partial charge in [0.05, 0.1) is 19.4 Å². The van der Waals surface area contributed by atoms with E-state index in [1.807, 2.05) is 53.9 Å². The van der Waals surface area contributed by atoms with Gasteiger partial charge in [-0.3, -0.25) is 0 Å². The fraction of sp³-hybridized carbons (Fsp3) is 0.167. The first-order valence-electron chi connectivity index (χ1n) is 7.53. The van der Waals surface area contributed by atoms with E-state index in [9.17, 15) is 4.79 Å². The third-order valence-corrected chi connectivity index (χ3v) is 4.76. The maximum absolute atomic E-state index is 12.6. The topological polar surface area (TPSA) is 45.5 Å². The van der Waals surface area contributed by atoms with E-state index in [1.165, 1.54) is 0 Å². The van der Waals surface area contributed by atoms with E-state index >= 15 is 0 Å². The number of hydrogen-bond donors (Lipinski definition) is 1. The molecule has 4 nitrogen and oxygen atoms in total. The molecular weight excluding hydrogens is 344 g/mol. The van der Waals surface area contributed by atoms with E-state index in [0.717, 1.165) is 16.2 Å². The average Bonchev–Trinajstić information content (AvgIpc) is 3.27. The molecule has 0 saturated heterocycles. The highest BCUT2D eigenvalue weighted by Crippen LogP contribution is 2.17. The predicted molar refractivity (Wildman–Crippen MR) is 96.0 cm³/mol. The Morgan fingerprint density at radius 3 is 2.71 bits per heavy atom. The van der Waals surface area contributed by atoms with Crippen LogP contribution in [0.3, 0.4) is 0 Å². The zero-order valence-electron chi connectivity index (χ0n) is 12.9. The second kappa shape index (κ2) is 8.04. The third-order valence-electron chi connectivity index (χ3n) is 3.53. The summed E-state index contributed by atoms with van der Waals surface area (Å²) in [6.45, 7) is 1.34. The van der Waals surface area contributed by atoms with Crippen LogP contribution in [0.4, 0.5) is 4.79 Å². The third kappa shape index (κ3) is 4.40. The normalized spacial score (nSPS) is 10.5. The summed E-state index contributed by atoms with van der Waals surface area (Å²) >= 11 is 7.76. The molecule has 0 unspecified atom stereocenters. The largest absolute Gasteiger partial charge is 0.467 e. The number of nitrogens with one attached hydrogen (secondary N) is 1. The molecule has 0 bridgehead atoms. The Morgan fingerprint density at radius 1 is 1.12 bits per heavy atom. The molecule has 0 atom stereocenters. The van der Waals surface area contributed by atoms with Crippen molar-refractivity contribution in [2.45, 2.75) is 19.6 Å². The molecule has 0 saturated carbocycles. The second-order valence-corrected chi connectivity index (χ2v) is 6.70. The number of urea groups is 1. The number of carbonyl (C=O) groups is 1. The van der Waals surface area contributed by atoms with Crippen LogP contribution in [0, 0.1) is 0 Å². The van der Waals surface area contributed by atoms with Gasteiger partial charge < -0.3 is 14.6 Å². The fourth-order valence-electron chi connectivity index (χ4n) is 2.31. The first-order valence-corrected chi connectivity index (χ1v) is 8.79. The first kappa shape index (κ1) is 16.6. The number of nitrogens with zero attached hydrogens (tertiary/aromatic N) is 1. The molecule has 0 spiro atoms. The molecule has 124 valence electrons. The van der Waals surface area contributed by atoms with Crippen molar-refractivity contribution < 1.29 is 9.21 Å². The van der Waals surface area contributed by atoms with E-state index in [1.54, 1.807) is 22.5 Å². The van der Waals surface area contributed by atoms with E-state index < -0.39 is 0 Å². The minimum Gasteiger partial charge on any atom is -0.467 e. The molecule has 0 aliphatic heterocycles. The van der Waals surface area contributed by atoms with Gasteiger partial charge in [0, 0.05) is 16.4 Å². The molecule has 2 amide bonds. The van der Waals surface area contributed by atoms with Gasteiger partial charge in [-0.15, -0.1) is 11.3 Å². The number of thiophene rings is 1. The van der Waals surface area contributed by atoms with Crippen molar-refractivity contribution in [1.29, 1.82) is 0 Å². The number of furan rings is 1. The number of halogens is 1. The Hall–Kier alpha value is -2.24. The Balaban J connectivity index is 1.67. The lowest BCUT2D eigenvalue weighted by Crippen LogP contribution is -2.38. The van der Waals surface area contributed by atoms with Crippen LogP contribution in [-0.4, -0.2) is 10.9 Å². The maximum atomic E-state index is 12.6. The van der Waals surface area contributed by atoms with Crippen molar-refractivity contribution in [2.75, 3.05) is 0 Å². The van der Waals surface area contributed by atoms with E-state index in [4.69, 9.17) is 16.0 Å². The summed E-state index contributed by atoms with van der Waals surface area (Å²) in [6.07, 6.45) is 1.61. The zero-order valence-corrected chi connectivity index (χ0v) is 14.5. The van der Waals surface area contributed by atoms with Crippen molar-refractivity contribution in [2.24, 2.45) is 0 Å². The highest BCUT2D eigenvalue weighted by Gasteiger charge is 2.16. The van der Waals surface area contributed by atoms with Gasteiger partial charge in [0.1, 0.15) is 5.76 Å². The van der Waals surface area contributed by atoms with Crippen molar-refractivity contribution in [3.8, 4) is 0 Å². The Labute approximate surface area is 149 Å². The van der Waals surface area contributed by atoms with Crippen LogP contribution < -0.4 is 5.32 Å². The monoisotopic (exact) mass is 360 g/mol. The van der Waals surface area contributed by atoms with Crippen LogP contribution in [0.5, 0.6) is 0 Å². The predicted octanol–water partition coefficient (Wildman–Crippen LogP) is 4.91. The number of rotatable bonds is 6. The molecule has 6 heteroatoms. The Kier molecular flexibility index (Phi) is 5.56. The van der Waals surface area contributed by atoms with Crippen molar-refractivity contribution in [1.82, 2.24) is 10.2 Å². The second-order valence-electron chi connectivity index (χ2n) is 5.26. The molecule has 0 aliphatic carbocycles. The van der Waals surface area contributed by atoms with Crippen molar-refractivity contribution >= 4 is 29.0 Å². The van der Waals surface area contributed by atoms with Gasteiger partial charge >= 0.3 is 6.03 Å². The molecule has 0 fully saturated rings.